The third-order valence-electron chi connectivity index (χ3n) is 8.27. The molecule has 0 radical (unpaired) electrons. The van der Waals surface area contributed by atoms with Crippen molar-refractivity contribution in [3.63, 3.8) is 0 Å². The van der Waals surface area contributed by atoms with Crippen LogP contribution in [-0.4, -0.2) is 103 Å². The zero-order chi connectivity index (χ0) is 25.3. The van der Waals surface area contributed by atoms with E-state index in [0.29, 0.717) is 29.0 Å². The second-order valence-electron chi connectivity index (χ2n) is 10.7. The molecule has 0 bridgehead atoms. The second-order valence-corrected chi connectivity index (χ2v) is 12.2. The van der Waals surface area contributed by atoms with E-state index in [1.165, 1.54) is 30.6 Å². The molecular weight excluding hydrogens is 494 g/mol. The van der Waals surface area contributed by atoms with Crippen LogP contribution in [-0.2, 0) is 4.79 Å². The number of amides is 2. The number of piperazine rings is 1. The Balaban J connectivity index is 1.30. The van der Waals surface area contributed by atoms with Crippen LogP contribution in [0, 0.1) is 0 Å². The van der Waals surface area contributed by atoms with Crippen LogP contribution in [0.5, 0.6) is 0 Å². The monoisotopic (exact) mass is 531 g/mol. The van der Waals surface area contributed by atoms with E-state index in [1.807, 2.05) is 36.1 Å². The van der Waals surface area contributed by atoms with Gasteiger partial charge >= 0.3 is 0 Å². The van der Waals surface area contributed by atoms with Crippen molar-refractivity contribution in [3.8, 4) is 0 Å². The van der Waals surface area contributed by atoms with Gasteiger partial charge in [0.15, 0.2) is 5.66 Å². The SMILES string of the molecule is CN1CCC(N2CCN(C(=O)[C@](C)(NC(=O)c3cc4ccc(Cl)cc4s3)N3CCCCC3)CC2)CC1. The molecule has 3 aliphatic rings. The summed E-state index contributed by atoms with van der Waals surface area (Å²) in [4.78, 5) is 37.3. The molecule has 1 aromatic carbocycles. The van der Waals surface area contributed by atoms with Crippen molar-refractivity contribution in [2.45, 2.75) is 50.7 Å². The summed E-state index contributed by atoms with van der Waals surface area (Å²) in [6, 6.07) is 8.17. The molecule has 3 saturated heterocycles. The molecule has 36 heavy (non-hydrogen) atoms. The van der Waals surface area contributed by atoms with Gasteiger partial charge in [-0.15, -0.1) is 11.3 Å². The molecule has 2 aromatic rings. The number of fused-ring (bicyclic) bond motifs is 1. The number of rotatable bonds is 5. The van der Waals surface area contributed by atoms with Crippen LogP contribution in [0.3, 0.4) is 0 Å². The number of piperidine rings is 2. The van der Waals surface area contributed by atoms with E-state index in [0.717, 1.165) is 62.2 Å². The largest absolute Gasteiger partial charge is 0.337 e. The number of halogens is 1. The van der Waals surface area contributed by atoms with E-state index in [1.54, 1.807) is 0 Å². The first-order chi connectivity index (χ1) is 17.3. The van der Waals surface area contributed by atoms with Gasteiger partial charge in [0.2, 0.25) is 0 Å². The van der Waals surface area contributed by atoms with Gasteiger partial charge < -0.3 is 15.1 Å². The van der Waals surface area contributed by atoms with Gasteiger partial charge in [-0.3, -0.25) is 19.4 Å². The van der Waals surface area contributed by atoms with Gasteiger partial charge in [-0.25, -0.2) is 0 Å². The minimum Gasteiger partial charge on any atom is -0.337 e. The average molecular weight is 532 g/mol. The van der Waals surface area contributed by atoms with E-state index < -0.39 is 5.66 Å². The first-order valence-corrected chi connectivity index (χ1v) is 14.5. The Morgan fingerprint density at radius 3 is 2.36 bits per heavy atom. The van der Waals surface area contributed by atoms with Crippen molar-refractivity contribution >= 4 is 44.8 Å². The maximum Gasteiger partial charge on any atom is 0.263 e. The van der Waals surface area contributed by atoms with Gasteiger partial charge in [0.05, 0.1) is 4.88 Å². The molecule has 1 N–H and O–H groups in total. The minimum atomic E-state index is -1.05. The van der Waals surface area contributed by atoms with Gasteiger partial charge in [0, 0.05) is 55.0 Å². The maximum absolute atomic E-state index is 14.1. The summed E-state index contributed by atoms with van der Waals surface area (Å²) in [6.07, 6.45) is 5.66. The lowest BCUT2D eigenvalue weighted by atomic mass is 10.0. The summed E-state index contributed by atoms with van der Waals surface area (Å²) >= 11 is 7.57. The van der Waals surface area contributed by atoms with Crippen molar-refractivity contribution in [1.82, 2.24) is 24.9 Å². The smallest absolute Gasteiger partial charge is 0.263 e. The number of carbonyl (C=O) groups is 2. The highest BCUT2D eigenvalue weighted by atomic mass is 35.5. The van der Waals surface area contributed by atoms with Crippen molar-refractivity contribution < 1.29 is 9.59 Å². The lowest BCUT2D eigenvalue weighted by Gasteiger charge is -2.47. The third kappa shape index (κ3) is 5.43. The van der Waals surface area contributed by atoms with Crippen LogP contribution >= 0.6 is 22.9 Å². The predicted molar refractivity (Wildman–Crippen MR) is 147 cm³/mol. The van der Waals surface area contributed by atoms with Crippen molar-refractivity contribution in [2.75, 3.05) is 59.4 Å². The Kier molecular flexibility index (Phi) is 7.89. The average Bonchev–Trinajstić information content (AvgIpc) is 3.33. The lowest BCUT2D eigenvalue weighted by molar-refractivity contribution is -0.148. The van der Waals surface area contributed by atoms with Crippen LogP contribution in [0.1, 0.15) is 48.7 Å². The first kappa shape index (κ1) is 25.9. The highest BCUT2D eigenvalue weighted by molar-refractivity contribution is 7.20. The highest BCUT2D eigenvalue weighted by Crippen LogP contribution is 2.30. The predicted octanol–water partition coefficient (Wildman–Crippen LogP) is 3.73. The number of hydrogen-bond acceptors (Lipinski definition) is 6. The fraction of sp³-hybridized carbons (Fsp3) is 0.630. The summed E-state index contributed by atoms with van der Waals surface area (Å²) in [6.45, 7) is 9.08. The number of hydrogen-bond donors (Lipinski definition) is 1. The molecule has 0 spiro atoms. The number of carbonyl (C=O) groups excluding carboxylic acids is 2. The summed E-state index contributed by atoms with van der Waals surface area (Å²) < 4.78 is 0.976. The molecule has 4 heterocycles. The highest BCUT2D eigenvalue weighted by Gasteiger charge is 2.45. The van der Waals surface area contributed by atoms with E-state index in [2.05, 4.69) is 27.1 Å². The summed E-state index contributed by atoms with van der Waals surface area (Å²) in [5.74, 6) is -0.177. The summed E-state index contributed by atoms with van der Waals surface area (Å²) in [7, 11) is 2.19. The van der Waals surface area contributed by atoms with Crippen LogP contribution in [0.2, 0.25) is 5.02 Å². The number of nitrogens with zero attached hydrogens (tertiary/aromatic N) is 4. The zero-order valence-electron chi connectivity index (χ0n) is 21.5. The van der Waals surface area contributed by atoms with Gasteiger partial charge in [0.1, 0.15) is 0 Å². The Bertz CT molecular complexity index is 1090. The number of thiophene rings is 1. The molecule has 2 amide bonds. The zero-order valence-corrected chi connectivity index (χ0v) is 23.0. The molecule has 3 fully saturated rings. The van der Waals surface area contributed by atoms with Gasteiger partial charge in [0.25, 0.3) is 11.8 Å². The van der Waals surface area contributed by atoms with Gasteiger partial charge in [-0.05, 0) is 76.3 Å². The molecule has 196 valence electrons. The van der Waals surface area contributed by atoms with Crippen LogP contribution in [0.25, 0.3) is 10.1 Å². The van der Waals surface area contributed by atoms with E-state index >= 15 is 0 Å². The van der Waals surface area contributed by atoms with E-state index in [9.17, 15) is 9.59 Å². The number of nitrogens with one attached hydrogen (secondary N) is 1. The van der Waals surface area contributed by atoms with Crippen LogP contribution in [0.15, 0.2) is 24.3 Å². The lowest BCUT2D eigenvalue weighted by Crippen LogP contribution is -2.69. The molecular formula is C27H38ClN5O2S. The molecule has 5 rings (SSSR count). The third-order valence-corrected chi connectivity index (χ3v) is 9.61. The molecule has 3 aliphatic heterocycles. The fourth-order valence-corrected chi connectivity index (χ4v) is 7.20. The van der Waals surface area contributed by atoms with Crippen LogP contribution in [0.4, 0.5) is 0 Å². The molecule has 0 aliphatic carbocycles. The Labute approximate surface area is 223 Å². The maximum atomic E-state index is 14.1. The quantitative estimate of drug-likeness (QED) is 0.637. The van der Waals surface area contributed by atoms with E-state index in [4.69, 9.17) is 11.6 Å². The normalized spacial score (nSPS) is 23.0. The summed E-state index contributed by atoms with van der Waals surface area (Å²) in [5.41, 5.74) is -1.05. The fourth-order valence-electron chi connectivity index (χ4n) is 5.97. The molecule has 1 aromatic heterocycles. The topological polar surface area (TPSA) is 59.1 Å². The number of benzene rings is 1. The van der Waals surface area contributed by atoms with Gasteiger partial charge in [-0.2, -0.15) is 0 Å². The van der Waals surface area contributed by atoms with Crippen LogP contribution < -0.4 is 5.32 Å². The van der Waals surface area contributed by atoms with Crippen molar-refractivity contribution in [1.29, 1.82) is 0 Å². The van der Waals surface area contributed by atoms with E-state index in [-0.39, 0.29) is 11.8 Å². The van der Waals surface area contributed by atoms with Gasteiger partial charge in [-0.1, -0.05) is 24.1 Å². The molecule has 9 heteroatoms. The summed E-state index contributed by atoms with van der Waals surface area (Å²) in [5, 5.41) is 4.83. The number of likely N-dealkylation sites (tertiary alicyclic amines) is 2. The first-order valence-electron chi connectivity index (χ1n) is 13.3. The molecule has 1 atom stereocenters. The standard InChI is InChI=1S/C27H38ClN5O2S/c1-27(33-10-4-3-5-11-33,29-25(34)24-18-20-6-7-21(28)19-23(20)36-24)26(35)32-16-14-31(15-17-32)22-8-12-30(2)13-9-22/h6-7,18-19,22H,3-5,8-17H2,1-2H3,(H,29,34)/t27-/m1/s1. The Hall–Kier alpha value is -1.71. The minimum absolute atomic E-state index is 0.0185. The van der Waals surface area contributed by atoms with Crippen molar-refractivity contribution in [2.24, 2.45) is 0 Å². The Morgan fingerprint density at radius 2 is 1.67 bits per heavy atom. The molecule has 0 saturated carbocycles. The Morgan fingerprint density at radius 1 is 0.972 bits per heavy atom. The van der Waals surface area contributed by atoms with Crippen molar-refractivity contribution in [3.05, 3.63) is 34.2 Å². The molecule has 0 unspecified atom stereocenters. The second kappa shape index (κ2) is 11.0. The molecule has 7 nitrogen and oxygen atoms in total.